The van der Waals surface area contributed by atoms with Crippen molar-refractivity contribution in [1.82, 2.24) is 0 Å². The zero-order valence-corrected chi connectivity index (χ0v) is 29.4. The van der Waals surface area contributed by atoms with Gasteiger partial charge in [0.1, 0.15) is 0 Å². The quantitative estimate of drug-likeness (QED) is 0.0777. The van der Waals surface area contributed by atoms with E-state index in [2.05, 4.69) is 25.2 Å². The van der Waals surface area contributed by atoms with E-state index in [-0.39, 0.29) is 4.90 Å². The molecule has 0 amide bonds. The third-order valence-corrected chi connectivity index (χ3v) is 8.59. The topological polar surface area (TPSA) is 183 Å². The lowest BCUT2D eigenvalue weighted by molar-refractivity contribution is 0.177. The van der Waals surface area contributed by atoms with E-state index < -0.39 is 34.4 Å². The fraction of sp³-hybridized carbons (Fsp3) is 0.333. The van der Waals surface area contributed by atoms with Gasteiger partial charge in [-0.05, 0) is 125 Å². The fourth-order valence-corrected chi connectivity index (χ4v) is 6.10. The van der Waals surface area contributed by atoms with E-state index in [0.717, 1.165) is 11.4 Å². The summed E-state index contributed by atoms with van der Waals surface area (Å²) >= 11 is 0. The van der Waals surface area contributed by atoms with Crippen molar-refractivity contribution in [2.75, 3.05) is 40.7 Å². The molecule has 0 bridgehead atoms. The van der Waals surface area contributed by atoms with Gasteiger partial charge < -0.3 is 30.2 Å². The summed E-state index contributed by atoms with van der Waals surface area (Å²) in [5, 5.41) is 56.1. The number of azo groups is 2. The maximum atomic E-state index is 13.0. The minimum absolute atomic E-state index is 0.0600. The van der Waals surface area contributed by atoms with Crippen molar-refractivity contribution in [3.05, 3.63) is 97.1 Å². The number of hydrogen-bond donors (Lipinski definition) is 5. The average molecular weight is 704 g/mol. The zero-order chi connectivity index (χ0) is 36.3. The highest BCUT2D eigenvalue weighted by Crippen LogP contribution is 2.27. The maximum absolute atomic E-state index is 13.0. The van der Waals surface area contributed by atoms with Crippen LogP contribution in [-0.2, 0) is 10.0 Å². The molecule has 13 nitrogen and oxygen atoms in total. The molecule has 5 N–H and O–H groups in total. The standard InChI is InChI=1S/C36H45N7O6S/c1-25(44)21-42(22-26(2)45)34-15-9-30(10-16-34)38-37-29-5-7-33(8-6-29)41-50(48,49)36-19-13-32(14-20-36)40-39-31-11-17-35(18-12-31)43(23-27(3)46)24-28(4)47/h5-20,25-28,41,44-47H,21-24H2,1-4H3. The number of nitrogens with zero attached hydrogens (tertiary/aromatic N) is 6. The normalized spacial score (nSPS) is 14.4. The highest BCUT2D eigenvalue weighted by atomic mass is 32.2. The summed E-state index contributed by atoms with van der Waals surface area (Å²) in [6.07, 6.45) is -2.22. The summed E-state index contributed by atoms with van der Waals surface area (Å²) in [6.45, 7) is 8.30. The van der Waals surface area contributed by atoms with Gasteiger partial charge in [-0.1, -0.05) is 0 Å². The molecule has 4 aromatic carbocycles. The average Bonchev–Trinajstić information content (AvgIpc) is 3.06. The Morgan fingerprint density at radius 1 is 0.500 bits per heavy atom. The molecule has 0 radical (unpaired) electrons. The van der Waals surface area contributed by atoms with Crippen LogP contribution in [0.2, 0.25) is 0 Å². The van der Waals surface area contributed by atoms with Gasteiger partial charge in [-0.2, -0.15) is 20.5 Å². The number of nitrogens with one attached hydrogen (secondary N) is 1. The van der Waals surface area contributed by atoms with E-state index in [9.17, 15) is 28.8 Å². The van der Waals surface area contributed by atoms with Crippen LogP contribution in [0, 0.1) is 0 Å². The first-order chi connectivity index (χ1) is 23.8. The summed E-state index contributed by atoms with van der Waals surface area (Å²) in [7, 11) is -3.87. The third kappa shape index (κ3) is 12.0. The monoisotopic (exact) mass is 703 g/mol. The molecule has 4 atom stereocenters. The SMILES string of the molecule is CC(O)CN(CC(C)O)c1ccc(N=Nc2ccc(NS(=O)(=O)c3ccc(N=Nc4ccc(N(CC(C)O)CC(C)O)cc4)cc3)cc2)cc1. The van der Waals surface area contributed by atoms with E-state index in [4.69, 9.17) is 0 Å². The Kier molecular flexibility index (Phi) is 13.5. The zero-order valence-electron chi connectivity index (χ0n) is 28.6. The molecular formula is C36H45N7O6S. The molecule has 0 spiro atoms. The van der Waals surface area contributed by atoms with Gasteiger partial charge in [0.05, 0.1) is 52.1 Å². The Labute approximate surface area is 293 Å². The lowest BCUT2D eigenvalue weighted by Gasteiger charge is -2.27. The van der Waals surface area contributed by atoms with Gasteiger partial charge in [0, 0.05) is 43.2 Å². The third-order valence-electron chi connectivity index (χ3n) is 7.20. The van der Waals surface area contributed by atoms with Gasteiger partial charge in [-0.25, -0.2) is 8.42 Å². The predicted octanol–water partition coefficient (Wildman–Crippen LogP) is 6.45. The van der Waals surface area contributed by atoms with Crippen LogP contribution in [0.3, 0.4) is 0 Å². The van der Waals surface area contributed by atoms with E-state index in [1.807, 2.05) is 34.1 Å². The van der Waals surface area contributed by atoms with Gasteiger partial charge >= 0.3 is 0 Å². The largest absolute Gasteiger partial charge is 0.392 e. The number of sulfonamides is 1. The molecule has 0 saturated heterocycles. The smallest absolute Gasteiger partial charge is 0.261 e. The van der Waals surface area contributed by atoms with Crippen LogP contribution in [-0.4, -0.2) is 79.4 Å². The van der Waals surface area contributed by atoms with Crippen LogP contribution in [0.5, 0.6) is 0 Å². The Hall–Kier alpha value is -4.73. The number of anilines is 3. The Bertz CT molecular complexity index is 1780. The summed E-state index contributed by atoms with van der Waals surface area (Å²) in [6, 6.07) is 27.0. The Balaban J connectivity index is 1.33. The second kappa shape index (κ2) is 17.8. The second-order valence-electron chi connectivity index (χ2n) is 12.3. The van der Waals surface area contributed by atoms with Crippen molar-refractivity contribution in [3.8, 4) is 0 Å². The number of aliphatic hydroxyl groups excluding tert-OH is 4. The van der Waals surface area contributed by atoms with Crippen molar-refractivity contribution in [2.45, 2.75) is 57.0 Å². The summed E-state index contributed by atoms with van der Waals surface area (Å²) in [5.74, 6) is 0. The van der Waals surface area contributed by atoms with Crippen LogP contribution in [0.4, 0.5) is 39.8 Å². The maximum Gasteiger partial charge on any atom is 0.261 e. The first-order valence-corrected chi connectivity index (χ1v) is 17.7. The van der Waals surface area contributed by atoms with Crippen molar-refractivity contribution >= 4 is 49.8 Å². The van der Waals surface area contributed by atoms with E-state index in [1.54, 1.807) is 88.4 Å². The second-order valence-corrected chi connectivity index (χ2v) is 14.0. The summed E-state index contributed by atoms with van der Waals surface area (Å²) in [5.41, 5.74) is 4.24. The molecule has 0 aliphatic heterocycles. The molecule has 14 heteroatoms. The minimum atomic E-state index is -3.87. The van der Waals surface area contributed by atoms with Gasteiger partial charge in [-0.3, -0.25) is 4.72 Å². The molecule has 0 aromatic heterocycles. The molecule has 0 saturated carbocycles. The van der Waals surface area contributed by atoms with Crippen LogP contribution < -0.4 is 14.5 Å². The molecule has 4 rings (SSSR count). The minimum Gasteiger partial charge on any atom is -0.392 e. The van der Waals surface area contributed by atoms with E-state index >= 15 is 0 Å². The fourth-order valence-electron chi connectivity index (χ4n) is 5.04. The lowest BCUT2D eigenvalue weighted by atomic mass is 10.2. The molecule has 0 aliphatic rings. The number of aliphatic hydroxyl groups is 4. The van der Waals surface area contributed by atoms with E-state index in [1.165, 1.54) is 12.1 Å². The van der Waals surface area contributed by atoms with Crippen molar-refractivity contribution in [2.24, 2.45) is 20.5 Å². The number of benzene rings is 4. The van der Waals surface area contributed by atoms with Crippen molar-refractivity contribution in [3.63, 3.8) is 0 Å². The number of hydrogen-bond acceptors (Lipinski definition) is 12. The first-order valence-electron chi connectivity index (χ1n) is 16.3. The van der Waals surface area contributed by atoms with Crippen molar-refractivity contribution in [1.29, 1.82) is 0 Å². The van der Waals surface area contributed by atoms with Crippen LogP contribution >= 0.6 is 0 Å². The Morgan fingerprint density at radius 3 is 1.08 bits per heavy atom. The molecule has 0 fully saturated rings. The van der Waals surface area contributed by atoms with Crippen LogP contribution in [0.25, 0.3) is 0 Å². The number of rotatable bonds is 17. The van der Waals surface area contributed by atoms with Gasteiger partial charge in [0.25, 0.3) is 10.0 Å². The first kappa shape index (κ1) is 38.1. The molecule has 266 valence electrons. The lowest BCUT2D eigenvalue weighted by Crippen LogP contribution is -2.36. The molecule has 50 heavy (non-hydrogen) atoms. The van der Waals surface area contributed by atoms with Crippen LogP contribution in [0.1, 0.15) is 27.7 Å². The summed E-state index contributed by atoms with van der Waals surface area (Å²) in [4.78, 5) is 3.85. The molecular weight excluding hydrogens is 659 g/mol. The van der Waals surface area contributed by atoms with E-state index in [0.29, 0.717) is 54.6 Å². The predicted molar refractivity (Wildman–Crippen MR) is 196 cm³/mol. The summed E-state index contributed by atoms with van der Waals surface area (Å²) < 4.78 is 28.6. The highest BCUT2D eigenvalue weighted by molar-refractivity contribution is 7.92. The highest BCUT2D eigenvalue weighted by Gasteiger charge is 2.15. The molecule has 4 unspecified atom stereocenters. The Morgan fingerprint density at radius 2 is 0.780 bits per heavy atom. The van der Waals surface area contributed by atoms with Gasteiger partial charge in [-0.15, -0.1) is 0 Å². The van der Waals surface area contributed by atoms with Gasteiger partial charge in [0.2, 0.25) is 0 Å². The van der Waals surface area contributed by atoms with Crippen LogP contribution in [0.15, 0.2) is 122 Å². The molecule has 0 aliphatic carbocycles. The van der Waals surface area contributed by atoms with Gasteiger partial charge in [0.15, 0.2) is 0 Å². The molecule has 4 aromatic rings. The molecule has 0 heterocycles. The van der Waals surface area contributed by atoms with Crippen molar-refractivity contribution < 1.29 is 28.8 Å².